The Morgan fingerprint density at radius 2 is 1.81 bits per heavy atom. The van der Waals surface area contributed by atoms with Crippen molar-refractivity contribution in [2.24, 2.45) is 11.8 Å². The molecule has 2 atom stereocenters. The van der Waals surface area contributed by atoms with Crippen LogP contribution >= 0.6 is 11.6 Å². The maximum atomic E-state index is 11.3. The summed E-state index contributed by atoms with van der Waals surface area (Å²) < 4.78 is 24.9. The second kappa shape index (κ2) is 6.44. The first-order valence-corrected chi connectivity index (χ1v) is 9.57. The molecule has 1 fully saturated rings. The highest BCUT2D eigenvalue weighted by atomic mass is 35.5. The van der Waals surface area contributed by atoms with Gasteiger partial charge in [0.2, 0.25) is 10.0 Å². The summed E-state index contributed by atoms with van der Waals surface area (Å²) in [5, 5.41) is 3.95. The maximum Gasteiger partial charge on any atom is 0.229 e. The predicted octanol–water partition coefficient (Wildman–Crippen LogP) is 3.95. The Hall–Kier alpha value is -0.940. The van der Waals surface area contributed by atoms with Crippen LogP contribution in [0.1, 0.15) is 33.1 Å². The molecule has 0 spiro atoms. The van der Waals surface area contributed by atoms with Gasteiger partial charge in [-0.1, -0.05) is 31.9 Å². The van der Waals surface area contributed by atoms with Gasteiger partial charge < -0.3 is 5.32 Å². The van der Waals surface area contributed by atoms with Gasteiger partial charge in [0, 0.05) is 11.7 Å². The number of anilines is 2. The minimum absolute atomic E-state index is 0.404. The summed E-state index contributed by atoms with van der Waals surface area (Å²) >= 11 is 6.16. The van der Waals surface area contributed by atoms with Crippen molar-refractivity contribution in [3.05, 3.63) is 23.2 Å². The molecule has 118 valence electrons. The lowest BCUT2D eigenvalue weighted by atomic mass is 9.78. The van der Waals surface area contributed by atoms with Crippen LogP contribution < -0.4 is 10.0 Å². The summed E-state index contributed by atoms with van der Waals surface area (Å²) in [5.41, 5.74) is 1.35. The minimum atomic E-state index is -3.31. The van der Waals surface area contributed by atoms with Gasteiger partial charge in [-0.15, -0.1) is 0 Å². The fourth-order valence-corrected chi connectivity index (χ4v) is 3.91. The highest BCUT2D eigenvalue weighted by Gasteiger charge is 2.27. The van der Waals surface area contributed by atoms with Crippen molar-refractivity contribution >= 4 is 33.0 Å². The molecule has 0 amide bonds. The van der Waals surface area contributed by atoms with E-state index in [4.69, 9.17) is 11.6 Å². The lowest BCUT2D eigenvalue weighted by Crippen LogP contribution is -2.37. The highest BCUT2D eigenvalue weighted by Crippen LogP contribution is 2.33. The Morgan fingerprint density at radius 3 is 2.33 bits per heavy atom. The molecule has 6 heteroatoms. The summed E-state index contributed by atoms with van der Waals surface area (Å²) in [6.45, 7) is 4.54. The predicted molar refractivity (Wildman–Crippen MR) is 89.5 cm³/mol. The molecular weight excluding hydrogens is 308 g/mol. The fraction of sp³-hybridized carbons (Fsp3) is 0.600. The third-order valence-electron chi connectivity index (χ3n) is 4.14. The van der Waals surface area contributed by atoms with Gasteiger partial charge in [-0.2, -0.15) is 0 Å². The zero-order valence-corrected chi connectivity index (χ0v) is 14.3. The lowest BCUT2D eigenvalue weighted by Gasteiger charge is -2.36. The van der Waals surface area contributed by atoms with Crippen molar-refractivity contribution in [1.82, 2.24) is 0 Å². The number of hydrogen-bond donors (Lipinski definition) is 2. The summed E-state index contributed by atoms with van der Waals surface area (Å²) in [4.78, 5) is 0. The molecule has 4 nitrogen and oxygen atoms in total. The van der Waals surface area contributed by atoms with E-state index in [1.165, 1.54) is 19.3 Å². The fourth-order valence-electron chi connectivity index (χ4n) is 3.05. The van der Waals surface area contributed by atoms with E-state index in [1.807, 2.05) is 6.07 Å². The minimum Gasteiger partial charge on any atom is -0.382 e. The van der Waals surface area contributed by atoms with Gasteiger partial charge in [0.05, 0.1) is 17.0 Å². The molecule has 1 aliphatic rings. The van der Waals surface area contributed by atoms with E-state index in [2.05, 4.69) is 23.9 Å². The van der Waals surface area contributed by atoms with Crippen LogP contribution in [0.5, 0.6) is 0 Å². The van der Waals surface area contributed by atoms with Gasteiger partial charge >= 0.3 is 0 Å². The van der Waals surface area contributed by atoms with Crippen LogP contribution in [-0.2, 0) is 10.0 Å². The van der Waals surface area contributed by atoms with Crippen LogP contribution in [-0.4, -0.2) is 20.7 Å². The van der Waals surface area contributed by atoms with Gasteiger partial charge in [0.1, 0.15) is 0 Å². The molecule has 2 N–H and O–H groups in total. The number of sulfonamides is 1. The first kappa shape index (κ1) is 16.4. The molecular formula is C15H23ClN2O2S. The second-order valence-electron chi connectivity index (χ2n) is 6.12. The Balaban J connectivity index is 2.13. The molecule has 2 unspecified atom stereocenters. The molecule has 1 saturated carbocycles. The van der Waals surface area contributed by atoms with Crippen LogP contribution in [0.4, 0.5) is 11.4 Å². The molecule has 0 radical (unpaired) electrons. The Bertz CT molecular complexity index is 594. The zero-order valence-electron chi connectivity index (χ0n) is 12.7. The van der Waals surface area contributed by atoms with E-state index < -0.39 is 10.0 Å². The van der Waals surface area contributed by atoms with Crippen molar-refractivity contribution in [2.75, 3.05) is 16.3 Å². The van der Waals surface area contributed by atoms with Crippen molar-refractivity contribution in [3.63, 3.8) is 0 Å². The number of hydrogen-bond acceptors (Lipinski definition) is 3. The Kier molecular flexibility index (Phi) is 5.04. The van der Waals surface area contributed by atoms with Gasteiger partial charge in [-0.25, -0.2) is 8.42 Å². The van der Waals surface area contributed by atoms with E-state index in [-0.39, 0.29) is 0 Å². The Labute approximate surface area is 132 Å². The van der Waals surface area contributed by atoms with Crippen LogP contribution in [0.3, 0.4) is 0 Å². The molecule has 0 heterocycles. The van der Waals surface area contributed by atoms with Gasteiger partial charge in [0.25, 0.3) is 0 Å². The smallest absolute Gasteiger partial charge is 0.229 e. The van der Waals surface area contributed by atoms with E-state index in [0.29, 0.717) is 28.6 Å². The summed E-state index contributed by atoms with van der Waals surface area (Å²) in [7, 11) is -3.31. The number of rotatable bonds is 4. The monoisotopic (exact) mass is 330 g/mol. The maximum absolute atomic E-state index is 11.3. The quantitative estimate of drug-likeness (QED) is 0.878. The number of benzene rings is 1. The van der Waals surface area contributed by atoms with E-state index in [9.17, 15) is 8.42 Å². The van der Waals surface area contributed by atoms with Gasteiger partial charge in [-0.05, 0) is 42.9 Å². The third kappa shape index (κ3) is 4.51. The highest BCUT2D eigenvalue weighted by molar-refractivity contribution is 7.92. The van der Waals surface area contributed by atoms with Crippen molar-refractivity contribution in [2.45, 2.75) is 39.2 Å². The van der Waals surface area contributed by atoms with E-state index in [1.54, 1.807) is 12.1 Å². The Morgan fingerprint density at radius 1 is 1.19 bits per heavy atom. The number of halogens is 1. The first-order valence-electron chi connectivity index (χ1n) is 7.30. The van der Waals surface area contributed by atoms with Gasteiger partial charge in [0.15, 0.2) is 0 Å². The van der Waals surface area contributed by atoms with Crippen LogP contribution in [0.2, 0.25) is 5.02 Å². The van der Waals surface area contributed by atoms with E-state index in [0.717, 1.165) is 11.9 Å². The molecule has 2 rings (SSSR count). The molecule has 1 aliphatic carbocycles. The van der Waals surface area contributed by atoms with Crippen LogP contribution in [0.15, 0.2) is 18.2 Å². The SMILES string of the molecule is CC1CCCC(C)C1Nc1ccc(NS(C)(=O)=O)c(Cl)c1. The summed E-state index contributed by atoms with van der Waals surface area (Å²) in [6, 6.07) is 5.78. The van der Waals surface area contributed by atoms with Crippen LogP contribution in [0.25, 0.3) is 0 Å². The third-order valence-corrected chi connectivity index (χ3v) is 5.05. The average Bonchev–Trinajstić information content (AvgIpc) is 2.36. The topological polar surface area (TPSA) is 58.2 Å². The zero-order chi connectivity index (χ0) is 15.6. The molecule has 0 aliphatic heterocycles. The normalized spacial score (nSPS) is 26.4. The molecule has 1 aromatic rings. The first-order chi connectivity index (χ1) is 9.76. The van der Waals surface area contributed by atoms with Crippen molar-refractivity contribution < 1.29 is 8.42 Å². The molecule has 21 heavy (non-hydrogen) atoms. The van der Waals surface area contributed by atoms with Crippen molar-refractivity contribution in [3.8, 4) is 0 Å². The molecule has 0 saturated heterocycles. The molecule has 0 bridgehead atoms. The van der Waals surface area contributed by atoms with Crippen LogP contribution in [0, 0.1) is 11.8 Å². The molecule has 0 aromatic heterocycles. The standard InChI is InChI=1S/C15H23ClN2O2S/c1-10-5-4-6-11(2)15(10)17-12-7-8-14(13(16)9-12)18-21(3,19)20/h7-11,15,17-18H,4-6H2,1-3H3. The summed E-state index contributed by atoms with van der Waals surface area (Å²) in [6.07, 6.45) is 4.88. The average molecular weight is 331 g/mol. The number of nitrogens with one attached hydrogen (secondary N) is 2. The lowest BCUT2D eigenvalue weighted by molar-refractivity contribution is 0.268. The van der Waals surface area contributed by atoms with E-state index >= 15 is 0 Å². The largest absolute Gasteiger partial charge is 0.382 e. The summed E-state index contributed by atoms with van der Waals surface area (Å²) in [5.74, 6) is 1.25. The van der Waals surface area contributed by atoms with Gasteiger partial charge in [-0.3, -0.25) is 4.72 Å². The molecule has 1 aromatic carbocycles. The van der Waals surface area contributed by atoms with Crippen molar-refractivity contribution in [1.29, 1.82) is 0 Å². The second-order valence-corrected chi connectivity index (χ2v) is 8.28.